The number of nitrogens with one attached hydrogen (secondary N) is 1. The predicted molar refractivity (Wildman–Crippen MR) is 74.8 cm³/mol. The van der Waals surface area contributed by atoms with E-state index < -0.39 is 0 Å². The Kier molecular flexibility index (Phi) is 4.28. The van der Waals surface area contributed by atoms with Crippen LogP contribution in [0.4, 0.5) is 0 Å². The van der Waals surface area contributed by atoms with Crippen LogP contribution in [0, 0.1) is 13.8 Å². The number of nitrogens with zero attached hydrogens (tertiary/aromatic N) is 1. The van der Waals surface area contributed by atoms with E-state index in [1.165, 1.54) is 16.5 Å². The van der Waals surface area contributed by atoms with Gasteiger partial charge in [-0.1, -0.05) is 18.2 Å². The third kappa shape index (κ3) is 2.68. The standard InChI is InChI=1S/C15H20N2O/c1-11-12(2)17-15-7-5-4-6-13(15)14(11)10-16-8-9-18-3/h4-7,16H,8-10H2,1-3H3. The van der Waals surface area contributed by atoms with Gasteiger partial charge in [-0.05, 0) is 31.0 Å². The minimum absolute atomic E-state index is 0.737. The lowest BCUT2D eigenvalue weighted by molar-refractivity contribution is 0.199. The highest BCUT2D eigenvalue weighted by molar-refractivity contribution is 5.83. The van der Waals surface area contributed by atoms with Gasteiger partial charge in [-0.2, -0.15) is 0 Å². The largest absolute Gasteiger partial charge is 0.383 e. The Morgan fingerprint density at radius 2 is 2.00 bits per heavy atom. The van der Waals surface area contributed by atoms with Crippen LogP contribution in [-0.2, 0) is 11.3 Å². The minimum atomic E-state index is 0.737. The van der Waals surface area contributed by atoms with E-state index in [1.807, 2.05) is 6.07 Å². The average molecular weight is 244 g/mol. The van der Waals surface area contributed by atoms with Crippen LogP contribution >= 0.6 is 0 Å². The summed E-state index contributed by atoms with van der Waals surface area (Å²) in [7, 11) is 1.72. The molecule has 3 heteroatoms. The van der Waals surface area contributed by atoms with Gasteiger partial charge in [-0.15, -0.1) is 0 Å². The number of para-hydroxylation sites is 1. The van der Waals surface area contributed by atoms with Gasteiger partial charge in [0.2, 0.25) is 0 Å². The van der Waals surface area contributed by atoms with Crippen molar-refractivity contribution in [3.8, 4) is 0 Å². The van der Waals surface area contributed by atoms with Gasteiger partial charge in [0.05, 0.1) is 12.1 Å². The zero-order chi connectivity index (χ0) is 13.0. The van der Waals surface area contributed by atoms with Crippen molar-refractivity contribution in [1.82, 2.24) is 10.3 Å². The van der Waals surface area contributed by atoms with E-state index in [9.17, 15) is 0 Å². The van der Waals surface area contributed by atoms with Gasteiger partial charge in [-0.25, -0.2) is 0 Å². The van der Waals surface area contributed by atoms with Crippen molar-refractivity contribution in [3.63, 3.8) is 0 Å². The molecule has 0 fully saturated rings. The van der Waals surface area contributed by atoms with Crippen molar-refractivity contribution in [2.45, 2.75) is 20.4 Å². The third-order valence-electron chi connectivity index (χ3n) is 3.30. The molecule has 0 radical (unpaired) electrons. The molecule has 1 aromatic heterocycles. The van der Waals surface area contributed by atoms with Crippen LogP contribution in [0.1, 0.15) is 16.8 Å². The lowest BCUT2D eigenvalue weighted by Gasteiger charge is -2.13. The van der Waals surface area contributed by atoms with Crippen molar-refractivity contribution in [2.24, 2.45) is 0 Å². The summed E-state index contributed by atoms with van der Waals surface area (Å²) in [6, 6.07) is 8.31. The van der Waals surface area contributed by atoms with E-state index in [1.54, 1.807) is 7.11 Å². The first-order valence-electron chi connectivity index (χ1n) is 6.28. The predicted octanol–water partition coefficient (Wildman–Crippen LogP) is 2.59. The Balaban J connectivity index is 2.31. The molecule has 0 amide bonds. The van der Waals surface area contributed by atoms with Crippen molar-refractivity contribution >= 4 is 10.9 Å². The van der Waals surface area contributed by atoms with Crippen LogP contribution in [0.2, 0.25) is 0 Å². The third-order valence-corrected chi connectivity index (χ3v) is 3.30. The van der Waals surface area contributed by atoms with Crippen LogP contribution < -0.4 is 5.32 Å². The molecule has 0 saturated carbocycles. The molecule has 3 nitrogen and oxygen atoms in total. The van der Waals surface area contributed by atoms with Gasteiger partial charge >= 0.3 is 0 Å². The van der Waals surface area contributed by atoms with Crippen LogP contribution in [0.3, 0.4) is 0 Å². The molecule has 2 rings (SSSR count). The molecule has 0 bridgehead atoms. The summed E-state index contributed by atoms with van der Waals surface area (Å²) < 4.78 is 5.05. The summed E-state index contributed by atoms with van der Waals surface area (Å²) in [6.07, 6.45) is 0. The molecule has 0 aliphatic rings. The molecular formula is C15H20N2O. The number of rotatable bonds is 5. The number of aryl methyl sites for hydroxylation is 1. The SMILES string of the molecule is COCCNCc1c(C)c(C)nc2ccccc12. The first kappa shape index (κ1) is 13.0. The second-order valence-electron chi connectivity index (χ2n) is 4.49. The van der Waals surface area contributed by atoms with Crippen molar-refractivity contribution < 1.29 is 4.74 Å². The molecule has 1 heterocycles. The lowest BCUT2D eigenvalue weighted by atomic mass is 10.0. The number of hydrogen-bond acceptors (Lipinski definition) is 3. The highest BCUT2D eigenvalue weighted by Gasteiger charge is 2.08. The summed E-state index contributed by atoms with van der Waals surface area (Å²) in [4.78, 5) is 4.63. The normalized spacial score (nSPS) is 11.1. The zero-order valence-corrected chi connectivity index (χ0v) is 11.3. The molecule has 1 N–H and O–H groups in total. The molecule has 1 aromatic carbocycles. The molecule has 0 unspecified atom stereocenters. The second kappa shape index (κ2) is 5.94. The van der Waals surface area contributed by atoms with Crippen LogP contribution in [-0.4, -0.2) is 25.2 Å². The first-order valence-corrected chi connectivity index (χ1v) is 6.28. The fraction of sp³-hybridized carbons (Fsp3) is 0.400. The fourth-order valence-electron chi connectivity index (χ4n) is 2.13. The zero-order valence-electron chi connectivity index (χ0n) is 11.3. The number of methoxy groups -OCH3 is 1. The topological polar surface area (TPSA) is 34.1 Å². The number of hydrogen-bond donors (Lipinski definition) is 1. The molecule has 0 aliphatic carbocycles. The smallest absolute Gasteiger partial charge is 0.0708 e. The minimum Gasteiger partial charge on any atom is -0.383 e. The highest BCUT2D eigenvalue weighted by Crippen LogP contribution is 2.22. The number of benzene rings is 1. The maximum Gasteiger partial charge on any atom is 0.0708 e. The van der Waals surface area contributed by atoms with Gasteiger partial charge in [0.1, 0.15) is 0 Å². The Bertz CT molecular complexity index is 537. The van der Waals surface area contributed by atoms with Crippen LogP contribution in [0.15, 0.2) is 24.3 Å². The monoisotopic (exact) mass is 244 g/mol. The van der Waals surface area contributed by atoms with Crippen molar-refractivity contribution in [3.05, 3.63) is 41.1 Å². The van der Waals surface area contributed by atoms with Crippen molar-refractivity contribution in [1.29, 1.82) is 0 Å². The number of pyridine rings is 1. The first-order chi connectivity index (χ1) is 8.74. The highest BCUT2D eigenvalue weighted by atomic mass is 16.5. The van der Waals surface area contributed by atoms with E-state index >= 15 is 0 Å². The summed E-state index contributed by atoms with van der Waals surface area (Å²) in [5.41, 5.74) is 4.80. The van der Waals surface area contributed by atoms with E-state index in [0.717, 1.165) is 30.9 Å². The molecule has 0 saturated heterocycles. The molecule has 0 aliphatic heterocycles. The van der Waals surface area contributed by atoms with E-state index in [0.29, 0.717) is 0 Å². The summed E-state index contributed by atoms with van der Waals surface area (Å²) in [5.74, 6) is 0. The Hall–Kier alpha value is -1.45. The average Bonchev–Trinajstić information content (AvgIpc) is 2.38. The van der Waals surface area contributed by atoms with E-state index in [-0.39, 0.29) is 0 Å². The number of fused-ring (bicyclic) bond motifs is 1. The lowest BCUT2D eigenvalue weighted by Crippen LogP contribution is -2.19. The summed E-state index contributed by atoms with van der Waals surface area (Å²) in [5, 5.41) is 4.65. The van der Waals surface area contributed by atoms with Gasteiger partial charge in [0.15, 0.2) is 0 Å². The maximum atomic E-state index is 5.05. The summed E-state index contributed by atoms with van der Waals surface area (Å²) >= 11 is 0. The fourth-order valence-corrected chi connectivity index (χ4v) is 2.13. The van der Waals surface area contributed by atoms with Crippen LogP contribution in [0.5, 0.6) is 0 Å². The second-order valence-corrected chi connectivity index (χ2v) is 4.49. The van der Waals surface area contributed by atoms with Crippen molar-refractivity contribution in [2.75, 3.05) is 20.3 Å². The van der Waals surface area contributed by atoms with Gasteiger partial charge in [0, 0.05) is 31.3 Å². The Labute approximate surface area is 108 Å². The Morgan fingerprint density at radius 3 is 2.78 bits per heavy atom. The summed E-state index contributed by atoms with van der Waals surface area (Å²) in [6.45, 7) is 6.67. The van der Waals surface area contributed by atoms with Gasteiger partial charge < -0.3 is 10.1 Å². The quantitative estimate of drug-likeness (QED) is 0.821. The van der Waals surface area contributed by atoms with E-state index in [2.05, 4.69) is 42.3 Å². The molecule has 0 spiro atoms. The van der Waals surface area contributed by atoms with Gasteiger partial charge in [0.25, 0.3) is 0 Å². The molecule has 0 atom stereocenters. The number of aromatic nitrogens is 1. The molecule has 2 aromatic rings. The maximum absolute atomic E-state index is 5.05. The molecule has 18 heavy (non-hydrogen) atoms. The van der Waals surface area contributed by atoms with Gasteiger partial charge in [-0.3, -0.25) is 4.98 Å². The molecular weight excluding hydrogens is 224 g/mol. The van der Waals surface area contributed by atoms with E-state index in [4.69, 9.17) is 4.74 Å². The number of ether oxygens (including phenoxy) is 1. The molecule has 96 valence electrons. The van der Waals surface area contributed by atoms with Crippen LogP contribution in [0.25, 0.3) is 10.9 Å². The Morgan fingerprint density at radius 1 is 1.22 bits per heavy atom.